The molecule has 180 valence electrons. The van der Waals surface area contributed by atoms with Crippen molar-refractivity contribution >= 4 is 29.9 Å². The van der Waals surface area contributed by atoms with E-state index in [1.165, 1.54) is 0 Å². The number of hydrogen-bond donors (Lipinski definition) is 5. The smallest absolute Gasteiger partial charge is 0.469 e. The zero-order chi connectivity index (χ0) is 24.4. The average molecular weight is 459 g/mol. The van der Waals surface area contributed by atoms with Crippen molar-refractivity contribution in [2.75, 3.05) is 26.3 Å². The first-order valence-corrected chi connectivity index (χ1v) is 11.1. The van der Waals surface area contributed by atoms with E-state index in [1.54, 1.807) is 4.90 Å². The van der Waals surface area contributed by atoms with Crippen LogP contribution >= 0.6 is 0 Å². The number of rotatable bonds is 7. The lowest BCUT2D eigenvalue weighted by Gasteiger charge is -2.28. The summed E-state index contributed by atoms with van der Waals surface area (Å²) < 4.78 is 5.21. The Morgan fingerprint density at radius 3 is 2.33 bits per heavy atom. The van der Waals surface area contributed by atoms with Gasteiger partial charge in [0.2, 0.25) is 0 Å². The molecule has 0 spiro atoms. The van der Waals surface area contributed by atoms with Crippen LogP contribution in [0.4, 0.5) is 4.79 Å². The molecule has 1 aliphatic rings. The van der Waals surface area contributed by atoms with Crippen LogP contribution in [-0.4, -0.2) is 77.5 Å². The highest BCUT2D eigenvalue weighted by atomic mass is 16.5. The molecule has 6 N–H and O–H groups in total. The maximum Gasteiger partial charge on any atom is 0.469 e. The second-order valence-electron chi connectivity index (χ2n) is 8.49. The highest BCUT2D eigenvalue weighted by molar-refractivity contribution is 6.43. The van der Waals surface area contributed by atoms with Crippen LogP contribution in [0.15, 0.2) is 42.5 Å². The number of carbonyl (C=O) groups is 2. The molecule has 0 saturated carbocycles. The van der Waals surface area contributed by atoms with E-state index in [1.807, 2.05) is 56.3 Å². The first-order chi connectivity index (χ1) is 15.7. The Morgan fingerprint density at radius 1 is 1.12 bits per heavy atom. The number of nitrogens with two attached hydrogens (primary N) is 1. The van der Waals surface area contributed by atoms with E-state index in [-0.39, 0.29) is 12.5 Å². The molecule has 1 fully saturated rings. The van der Waals surface area contributed by atoms with Gasteiger partial charge in [0.05, 0.1) is 13.2 Å². The lowest BCUT2D eigenvalue weighted by Crippen LogP contribution is -2.51. The molecule has 2 atom stereocenters. The summed E-state index contributed by atoms with van der Waals surface area (Å²) in [5, 5.41) is 31.2. The number of ether oxygens (including phenoxy) is 1. The molecule has 3 rings (SSSR count). The number of nitrogens with zero attached hydrogens (tertiary/aromatic N) is 1. The molecule has 2 aromatic carbocycles. The molecule has 2 aromatic rings. The van der Waals surface area contributed by atoms with Crippen LogP contribution in [0.5, 0.6) is 0 Å². The first-order valence-electron chi connectivity index (χ1n) is 11.1. The second kappa shape index (κ2) is 13.1. The molecule has 0 bridgehead atoms. The van der Waals surface area contributed by atoms with E-state index in [4.69, 9.17) is 20.5 Å². The van der Waals surface area contributed by atoms with E-state index in [0.717, 1.165) is 16.3 Å². The predicted octanol–water partition coefficient (Wildman–Crippen LogP) is 1.25. The quantitative estimate of drug-likeness (QED) is 0.392. The number of benzene rings is 2. The third-order valence-electron chi connectivity index (χ3n) is 5.32. The molecular weight excluding hydrogens is 425 g/mol. The van der Waals surface area contributed by atoms with Crippen LogP contribution in [0, 0.1) is 5.92 Å². The zero-order valence-corrected chi connectivity index (χ0v) is 19.2. The van der Waals surface area contributed by atoms with Gasteiger partial charge < -0.3 is 35.8 Å². The highest BCUT2D eigenvalue weighted by Gasteiger charge is 2.25. The molecule has 10 heteroatoms. The number of morpholine rings is 1. The van der Waals surface area contributed by atoms with Gasteiger partial charge in [-0.25, -0.2) is 9.59 Å². The SMILES string of the molecule is CC(C)C[C@H](N)B(O)O.O=C(O)[C@H](Cc1cccc2ccccc12)NC(=O)N1CCOCC1. The van der Waals surface area contributed by atoms with Crippen LogP contribution in [-0.2, 0) is 16.0 Å². The van der Waals surface area contributed by atoms with Crippen molar-refractivity contribution in [3.63, 3.8) is 0 Å². The van der Waals surface area contributed by atoms with Crippen LogP contribution in [0.3, 0.4) is 0 Å². The van der Waals surface area contributed by atoms with Crippen LogP contribution in [0.25, 0.3) is 10.8 Å². The minimum atomic E-state index is -1.37. The summed E-state index contributed by atoms with van der Waals surface area (Å²) in [6, 6.07) is 12.3. The fraction of sp³-hybridized carbons (Fsp3) is 0.478. The monoisotopic (exact) mass is 459 g/mol. The van der Waals surface area contributed by atoms with Crippen molar-refractivity contribution in [1.29, 1.82) is 0 Å². The summed E-state index contributed by atoms with van der Waals surface area (Å²) in [6.45, 7) is 5.90. The standard InChI is InChI=1S/C18H20N2O4.C5H14BNO2/c21-17(22)16(19-18(23)20-8-10-24-11-9-20)12-14-6-3-5-13-4-1-2-7-15(13)14;1-4(2)3-5(7)6(8)9/h1-7,16H,8-12H2,(H,19,23)(H,21,22);4-5,8-9H,3,7H2,1-2H3/t16-;5-/m00/s1. The maximum absolute atomic E-state index is 12.3. The molecular formula is C23H34BN3O6. The Hall–Kier alpha value is -2.66. The number of aliphatic carboxylic acids is 1. The van der Waals surface area contributed by atoms with E-state index in [2.05, 4.69) is 5.32 Å². The lowest BCUT2D eigenvalue weighted by molar-refractivity contribution is -0.139. The highest BCUT2D eigenvalue weighted by Crippen LogP contribution is 2.20. The molecule has 0 unspecified atom stereocenters. The van der Waals surface area contributed by atoms with E-state index < -0.39 is 25.1 Å². The maximum atomic E-state index is 12.3. The van der Waals surface area contributed by atoms with Gasteiger partial charge in [-0.2, -0.15) is 0 Å². The number of urea groups is 1. The van der Waals surface area contributed by atoms with Gasteiger partial charge in [0.15, 0.2) is 0 Å². The number of nitrogens with one attached hydrogen (secondary N) is 1. The Labute approximate surface area is 194 Å². The topological polar surface area (TPSA) is 145 Å². The van der Waals surface area contributed by atoms with E-state index in [9.17, 15) is 14.7 Å². The van der Waals surface area contributed by atoms with Crippen LogP contribution in [0.2, 0.25) is 0 Å². The molecule has 0 radical (unpaired) electrons. The second-order valence-corrected chi connectivity index (χ2v) is 8.49. The molecule has 1 saturated heterocycles. The Kier molecular flexibility index (Phi) is 10.6. The van der Waals surface area contributed by atoms with Gasteiger partial charge in [-0.1, -0.05) is 56.3 Å². The fourth-order valence-corrected chi connectivity index (χ4v) is 3.56. The van der Waals surface area contributed by atoms with Crippen molar-refractivity contribution in [2.24, 2.45) is 11.7 Å². The van der Waals surface area contributed by atoms with E-state index in [0.29, 0.717) is 38.6 Å². The number of carbonyl (C=O) groups excluding carboxylic acids is 1. The predicted molar refractivity (Wildman–Crippen MR) is 128 cm³/mol. The lowest BCUT2D eigenvalue weighted by atomic mass is 9.76. The number of hydrogen-bond acceptors (Lipinski definition) is 6. The zero-order valence-electron chi connectivity index (χ0n) is 19.2. The fourth-order valence-electron chi connectivity index (χ4n) is 3.56. The number of fused-ring (bicyclic) bond motifs is 1. The van der Waals surface area contributed by atoms with Crippen LogP contribution < -0.4 is 11.1 Å². The van der Waals surface area contributed by atoms with E-state index >= 15 is 0 Å². The molecule has 2 amide bonds. The van der Waals surface area contributed by atoms with Crippen molar-refractivity contribution in [3.8, 4) is 0 Å². The Morgan fingerprint density at radius 2 is 1.76 bits per heavy atom. The van der Waals surface area contributed by atoms with Gasteiger partial charge in [-0.05, 0) is 28.7 Å². The third kappa shape index (κ3) is 8.66. The largest absolute Gasteiger partial charge is 0.480 e. The van der Waals surface area contributed by atoms with Crippen molar-refractivity contribution in [2.45, 2.75) is 38.7 Å². The molecule has 1 heterocycles. The molecule has 0 aromatic heterocycles. The van der Waals surface area contributed by atoms with Gasteiger partial charge in [0.1, 0.15) is 6.04 Å². The minimum Gasteiger partial charge on any atom is -0.480 e. The summed E-state index contributed by atoms with van der Waals surface area (Å²) in [7, 11) is -1.37. The van der Waals surface area contributed by atoms with Gasteiger partial charge in [-0.15, -0.1) is 0 Å². The van der Waals surface area contributed by atoms with Crippen molar-refractivity contribution in [3.05, 3.63) is 48.0 Å². The number of carboxylic acids is 1. The van der Waals surface area contributed by atoms with Gasteiger partial charge >= 0.3 is 19.1 Å². The molecule has 1 aliphatic heterocycles. The first kappa shape index (κ1) is 26.6. The summed E-state index contributed by atoms with van der Waals surface area (Å²) in [5.74, 6) is -1.11. The summed E-state index contributed by atoms with van der Waals surface area (Å²) >= 11 is 0. The van der Waals surface area contributed by atoms with Crippen LogP contribution in [0.1, 0.15) is 25.8 Å². The van der Waals surface area contributed by atoms with Gasteiger partial charge in [0.25, 0.3) is 0 Å². The van der Waals surface area contributed by atoms with Gasteiger partial charge in [-0.3, -0.25) is 0 Å². The molecule has 33 heavy (non-hydrogen) atoms. The summed E-state index contributed by atoms with van der Waals surface area (Å²) in [6.07, 6.45) is 0.893. The molecule has 0 aliphatic carbocycles. The average Bonchev–Trinajstić information content (AvgIpc) is 2.79. The third-order valence-corrected chi connectivity index (χ3v) is 5.32. The normalized spacial score (nSPS) is 15.4. The summed E-state index contributed by atoms with van der Waals surface area (Å²) in [5.41, 5.74) is 6.22. The number of amides is 2. The van der Waals surface area contributed by atoms with Crippen molar-refractivity contribution < 1.29 is 29.5 Å². The van der Waals surface area contributed by atoms with Gasteiger partial charge in [0, 0.05) is 25.5 Å². The Bertz CT molecular complexity index is 899. The minimum absolute atomic E-state index is 0.243. The Balaban J connectivity index is 0.000000365. The van der Waals surface area contributed by atoms with Crippen molar-refractivity contribution in [1.82, 2.24) is 10.2 Å². The summed E-state index contributed by atoms with van der Waals surface area (Å²) in [4.78, 5) is 25.4. The number of carboxylic acid groups (broad SMARTS) is 1. The molecule has 9 nitrogen and oxygen atoms in total.